The number of hydrogen-bond acceptors (Lipinski definition) is 4. The third-order valence-electron chi connectivity index (χ3n) is 2.38. The lowest BCUT2D eigenvalue weighted by Gasteiger charge is -2.23. The molecule has 0 saturated carbocycles. The smallest absolute Gasteiger partial charge is 0.265 e. The number of ketones is 1. The fourth-order valence-corrected chi connectivity index (χ4v) is 1.66. The van der Waals surface area contributed by atoms with Crippen LogP contribution in [-0.4, -0.2) is 23.5 Å². The Morgan fingerprint density at radius 2 is 2.31 bits per heavy atom. The van der Waals surface area contributed by atoms with Crippen molar-refractivity contribution in [2.75, 3.05) is 11.1 Å². The maximum absolute atomic E-state index is 11.4. The maximum Gasteiger partial charge on any atom is 0.265 e. The van der Waals surface area contributed by atoms with E-state index >= 15 is 0 Å². The number of rotatable bonds is 2. The van der Waals surface area contributed by atoms with E-state index in [1.807, 2.05) is 0 Å². The van der Waals surface area contributed by atoms with Crippen molar-refractivity contribution >= 4 is 30.0 Å². The average molecular weight is 237 g/mol. The third kappa shape index (κ3) is 1.90. The molecule has 1 N–H and O–H groups in total. The zero-order chi connectivity index (χ0) is 11.7. The molecule has 0 bridgehead atoms. The first kappa shape index (κ1) is 11.0. The Kier molecular flexibility index (Phi) is 2.87. The number of hydrogen-bond donors (Lipinski definition) is 2. The second kappa shape index (κ2) is 4.17. The Balaban J connectivity index is 2.36. The van der Waals surface area contributed by atoms with Crippen molar-refractivity contribution in [2.45, 2.75) is 13.0 Å². The lowest BCUT2D eigenvalue weighted by molar-refractivity contribution is -0.122. The zero-order valence-electron chi connectivity index (χ0n) is 8.69. The van der Waals surface area contributed by atoms with E-state index in [-0.39, 0.29) is 17.4 Å². The van der Waals surface area contributed by atoms with Crippen LogP contribution in [0.4, 0.5) is 5.69 Å². The molecule has 1 aliphatic heterocycles. The molecule has 5 heteroatoms. The van der Waals surface area contributed by atoms with Crippen molar-refractivity contribution in [3.05, 3.63) is 23.8 Å². The van der Waals surface area contributed by atoms with Crippen LogP contribution in [0.2, 0.25) is 0 Å². The summed E-state index contributed by atoms with van der Waals surface area (Å²) >= 11 is 3.92. The molecule has 84 valence electrons. The molecule has 1 heterocycles. The van der Waals surface area contributed by atoms with Crippen molar-refractivity contribution in [1.82, 2.24) is 0 Å². The molecule has 1 aliphatic rings. The summed E-state index contributed by atoms with van der Waals surface area (Å²) in [5.74, 6) is 0.439. The summed E-state index contributed by atoms with van der Waals surface area (Å²) < 4.78 is 5.37. The second-order valence-corrected chi connectivity index (χ2v) is 3.86. The number of ether oxygens (including phenoxy) is 1. The monoisotopic (exact) mass is 237 g/mol. The van der Waals surface area contributed by atoms with Gasteiger partial charge in [-0.2, -0.15) is 12.6 Å². The first-order valence-corrected chi connectivity index (χ1v) is 5.50. The van der Waals surface area contributed by atoms with E-state index in [1.54, 1.807) is 25.1 Å². The SMILES string of the molecule is CC1Oc2ccc(C(=O)CS)cc2NC1=O. The number of fused-ring (bicyclic) bond motifs is 1. The second-order valence-electron chi connectivity index (χ2n) is 3.54. The zero-order valence-corrected chi connectivity index (χ0v) is 9.58. The van der Waals surface area contributed by atoms with Gasteiger partial charge in [0.05, 0.1) is 11.4 Å². The quantitative estimate of drug-likeness (QED) is 0.605. The highest BCUT2D eigenvalue weighted by Gasteiger charge is 2.23. The van der Waals surface area contributed by atoms with Crippen molar-refractivity contribution in [3.8, 4) is 5.75 Å². The predicted octanol–water partition coefficient (Wildman–Crippen LogP) is 1.52. The van der Waals surface area contributed by atoms with Gasteiger partial charge in [0.25, 0.3) is 5.91 Å². The van der Waals surface area contributed by atoms with Crippen LogP contribution in [0, 0.1) is 0 Å². The minimum atomic E-state index is -0.501. The molecule has 0 saturated heterocycles. The maximum atomic E-state index is 11.4. The minimum absolute atomic E-state index is 0.0843. The van der Waals surface area contributed by atoms with E-state index < -0.39 is 6.10 Å². The van der Waals surface area contributed by atoms with Gasteiger partial charge in [-0.05, 0) is 25.1 Å². The van der Waals surface area contributed by atoms with E-state index in [0.29, 0.717) is 17.0 Å². The normalized spacial score (nSPS) is 18.4. The molecular formula is C11H11NO3S. The van der Waals surface area contributed by atoms with E-state index in [2.05, 4.69) is 17.9 Å². The van der Waals surface area contributed by atoms with E-state index in [0.717, 1.165) is 0 Å². The molecule has 0 aliphatic carbocycles. The van der Waals surface area contributed by atoms with Crippen LogP contribution in [-0.2, 0) is 4.79 Å². The third-order valence-corrected chi connectivity index (χ3v) is 2.66. The minimum Gasteiger partial charge on any atom is -0.479 e. The van der Waals surface area contributed by atoms with Crippen LogP contribution in [0.5, 0.6) is 5.75 Å². The molecule has 1 amide bonds. The number of Topliss-reactive ketones (excluding diaryl/α,β-unsaturated/α-hetero) is 1. The Morgan fingerprint density at radius 3 is 3.00 bits per heavy atom. The number of amides is 1. The molecule has 1 atom stereocenters. The van der Waals surface area contributed by atoms with Crippen molar-refractivity contribution in [1.29, 1.82) is 0 Å². The van der Waals surface area contributed by atoms with E-state index in [9.17, 15) is 9.59 Å². The van der Waals surface area contributed by atoms with Crippen LogP contribution in [0.3, 0.4) is 0 Å². The van der Waals surface area contributed by atoms with Crippen LogP contribution < -0.4 is 10.1 Å². The van der Waals surface area contributed by atoms with E-state index in [4.69, 9.17) is 4.74 Å². The lowest BCUT2D eigenvalue weighted by Crippen LogP contribution is -2.34. The van der Waals surface area contributed by atoms with Crippen LogP contribution >= 0.6 is 12.6 Å². The molecule has 2 rings (SSSR count). The summed E-state index contributed by atoms with van der Waals surface area (Å²) in [6.45, 7) is 1.67. The fraction of sp³-hybridized carbons (Fsp3) is 0.273. The number of carbonyl (C=O) groups excluding carboxylic acids is 2. The number of benzene rings is 1. The average Bonchev–Trinajstić information content (AvgIpc) is 2.29. The Bertz CT molecular complexity index is 459. The van der Waals surface area contributed by atoms with Gasteiger partial charge in [-0.25, -0.2) is 0 Å². The summed E-state index contributed by atoms with van der Waals surface area (Å²) in [6, 6.07) is 4.96. The Morgan fingerprint density at radius 1 is 1.56 bits per heavy atom. The largest absolute Gasteiger partial charge is 0.479 e. The van der Waals surface area contributed by atoms with Gasteiger partial charge in [-0.3, -0.25) is 9.59 Å². The number of thiol groups is 1. The van der Waals surface area contributed by atoms with Gasteiger partial charge in [0.15, 0.2) is 11.9 Å². The Labute approximate surface area is 98.4 Å². The van der Waals surface area contributed by atoms with Crippen LogP contribution in [0.15, 0.2) is 18.2 Å². The molecule has 1 aromatic carbocycles. The fourth-order valence-electron chi connectivity index (χ4n) is 1.47. The van der Waals surface area contributed by atoms with Gasteiger partial charge in [-0.1, -0.05) is 0 Å². The molecule has 16 heavy (non-hydrogen) atoms. The Hall–Kier alpha value is -1.49. The molecule has 1 aromatic rings. The molecule has 0 aromatic heterocycles. The molecule has 0 spiro atoms. The summed E-state index contributed by atoms with van der Waals surface area (Å²) in [5, 5.41) is 2.69. The molecule has 1 unspecified atom stereocenters. The first-order chi connectivity index (χ1) is 7.61. The summed E-state index contributed by atoms with van der Waals surface area (Å²) in [7, 11) is 0. The van der Waals surface area contributed by atoms with Gasteiger partial charge in [0, 0.05) is 5.56 Å². The van der Waals surface area contributed by atoms with Gasteiger partial charge in [-0.15, -0.1) is 0 Å². The first-order valence-electron chi connectivity index (χ1n) is 4.87. The van der Waals surface area contributed by atoms with Gasteiger partial charge in [0.1, 0.15) is 5.75 Å². The highest BCUT2D eigenvalue weighted by atomic mass is 32.1. The molecular weight excluding hydrogens is 226 g/mol. The number of anilines is 1. The van der Waals surface area contributed by atoms with Gasteiger partial charge >= 0.3 is 0 Å². The number of carbonyl (C=O) groups is 2. The van der Waals surface area contributed by atoms with Gasteiger partial charge in [0.2, 0.25) is 0 Å². The summed E-state index contributed by atoms with van der Waals surface area (Å²) in [4.78, 5) is 22.8. The lowest BCUT2D eigenvalue weighted by atomic mass is 10.1. The number of nitrogens with one attached hydrogen (secondary N) is 1. The predicted molar refractivity (Wildman–Crippen MR) is 63.3 cm³/mol. The van der Waals surface area contributed by atoms with Crippen LogP contribution in [0.25, 0.3) is 0 Å². The summed E-state index contributed by atoms with van der Waals surface area (Å²) in [6.07, 6.45) is -0.501. The van der Waals surface area contributed by atoms with Crippen molar-refractivity contribution in [3.63, 3.8) is 0 Å². The highest BCUT2D eigenvalue weighted by molar-refractivity contribution is 7.81. The highest BCUT2D eigenvalue weighted by Crippen LogP contribution is 2.30. The molecule has 0 fully saturated rings. The standard InChI is InChI=1S/C11H11NO3S/c1-6-11(14)12-8-4-7(9(13)5-16)2-3-10(8)15-6/h2-4,6,16H,5H2,1H3,(H,12,14). The molecule has 4 nitrogen and oxygen atoms in total. The van der Waals surface area contributed by atoms with E-state index in [1.165, 1.54) is 0 Å². The topological polar surface area (TPSA) is 55.4 Å². The summed E-state index contributed by atoms with van der Waals surface area (Å²) in [5.41, 5.74) is 1.06. The van der Waals surface area contributed by atoms with Crippen molar-refractivity contribution < 1.29 is 14.3 Å². The van der Waals surface area contributed by atoms with Crippen molar-refractivity contribution in [2.24, 2.45) is 0 Å². The molecule has 0 radical (unpaired) electrons. The van der Waals surface area contributed by atoms with Gasteiger partial charge < -0.3 is 10.1 Å². The van der Waals surface area contributed by atoms with Crippen LogP contribution in [0.1, 0.15) is 17.3 Å².